The lowest BCUT2D eigenvalue weighted by atomic mass is 9.87. The van der Waals surface area contributed by atoms with Crippen molar-refractivity contribution in [2.45, 2.75) is 83.8 Å². The standard InChI is InChI=1S/C28H37FN2O3/c1-5-25(27(33)30-23-8-6-7-9-23)31(18-20-10-14-22(29)15-11-20)26(32)19-34-24-16-12-21(13-17-24)28(2,3)4/h10-17,23,25H,5-9,18-19H2,1-4H3,(H,30,33). The highest BCUT2D eigenvalue weighted by atomic mass is 19.1. The van der Waals surface area contributed by atoms with Crippen LogP contribution in [-0.4, -0.2) is 35.4 Å². The molecule has 0 saturated heterocycles. The number of nitrogens with one attached hydrogen (secondary N) is 1. The van der Waals surface area contributed by atoms with Gasteiger partial charge in [0.1, 0.15) is 17.6 Å². The van der Waals surface area contributed by atoms with E-state index in [9.17, 15) is 14.0 Å². The normalized spacial score (nSPS) is 15.1. The average molecular weight is 469 g/mol. The fourth-order valence-corrected chi connectivity index (χ4v) is 4.35. The van der Waals surface area contributed by atoms with Crippen LogP contribution in [0.4, 0.5) is 4.39 Å². The van der Waals surface area contributed by atoms with Gasteiger partial charge in [-0.25, -0.2) is 4.39 Å². The third kappa shape index (κ3) is 7.05. The van der Waals surface area contributed by atoms with E-state index >= 15 is 0 Å². The molecule has 1 N–H and O–H groups in total. The molecule has 1 atom stereocenters. The molecule has 2 aromatic rings. The fourth-order valence-electron chi connectivity index (χ4n) is 4.35. The molecule has 1 saturated carbocycles. The van der Waals surface area contributed by atoms with Crippen molar-refractivity contribution in [1.82, 2.24) is 10.2 Å². The van der Waals surface area contributed by atoms with Gasteiger partial charge < -0.3 is 15.0 Å². The second kappa shape index (κ2) is 11.5. The number of amides is 2. The van der Waals surface area contributed by atoms with Gasteiger partial charge in [-0.3, -0.25) is 9.59 Å². The SMILES string of the molecule is CCC(C(=O)NC1CCCC1)N(Cc1ccc(F)cc1)C(=O)COc1ccc(C(C)(C)C)cc1. The minimum absolute atomic E-state index is 0.0291. The lowest BCUT2D eigenvalue weighted by Crippen LogP contribution is -2.52. The molecule has 1 unspecified atom stereocenters. The number of halogens is 1. The summed E-state index contributed by atoms with van der Waals surface area (Å²) in [6, 6.07) is 13.3. The van der Waals surface area contributed by atoms with E-state index in [1.165, 1.54) is 17.7 Å². The molecular weight excluding hydrogens is 431 g/mol. The first-order chi connectivity index (χ1) is 16.2. The summed E-state index contributed by atoms with van der Waals surface area (Å²) in [5.74, 6) is -0.154. The fraction of sp³-hybridized carbons (Fsp3) is 0.500. The van der Waals surface area contributed by atoms with Crippen molar-refractivity contribution < 1.29 is 18.7 Å². The van der Waals surface area contributed by atoms with Crippen molar-refractivity contribution in [3.8, 4) is 5.75 Å². The van der Waals surface area contributed by atoms with E-state index in [1.54, 1.807) is 17.0 Å². The molecule has 3 rings (SSSR count). The maximum atomic E-state index is 13.4. The molecule has 2 aromatic carbocycles. The van der Waals surface area contributed by atoms with Crippen molar-refractivity contribution in [3.05, 3.63) is 65.5 Å². The Hall–Kier alpha value is -2.89. The summed E-state index contributed by atoms with van der Waals surface area (Å²) < 4.78 is 19.2. The van der Waals surface area contributed by atoms with Crippen molar-refractivity contribution >= 4 is 11.8 Å². The Labute approximate surface area is 202 Å². The van der Waals surface area contributed by atoms with E-state index in [-0.39, 0.29) is 42.2 Å². The number of rotatable bonds is 9. The van der Waals surface area contributed by atoms with Crippen molar-refractivity contribution in [2.24, 2.45) is 0 Å². The summed E-state index contributed by atoms with van der Waals surface area (Å²) >= 11 is 0. The second-order valence-corrected chi connectivity index (χ2v) is 10.1. The Kier molecular flexibility index (Phi) is 8.70. The van der Waals surface area contributed by atoms with Crippen LogP contribution in [0.1, 0.15) is 70.9 Å². The number of hydrogen-bond acceptors (Lipinski definition) is 3. The molecule has 0 heterocycles. The Morgan fingerprint density at radius 1 is 1.06 bits per heavy atom. The van der Waals surface area contributed by atoms with Gasteiger partial charge in [0, 0.05) is 12.6 Å². The van der Waals surface area contributed by atoms with Crippen LogP contribution in [-0.2, 0) is 21.5 Å². The molecule has 34 heavy (non-hydrogen) atoms. The third-order valence-electron chi connectivity index (χ3n) is 6.44. The Bertz CT molecular complexity index is 945. The molecule has 1 aliphatic carbocycles. The van der Waals surface area contributed by atoms with Crippen LogP contribution < -0.4 is 10.1 Å². The first-order valence-electron chi connectivity index (χ1n) is 12.2. The van der Waals surface area contributed by atoms with Crippen molar-refractivity contribution in [2.75, 3.05) is 6.61 Å². The van der Waals surface area contributed by atoms with Gasteiger partial charge in [0.25, 0.3) is 5.91 Å². The second-order valence-electron chi connectivity index (χ2n) is 10.1. The predicted octanol–water partition coefficient (Wildman–Crippen LogP) is 5.37. The largest absolute Gasteiger partial charge is 0.484 e. The van der Waals surface area contributed by atoms with Gasteiger partial charge in [0.2, 0.25) is 5.91 Å². The average Bonchev–Trinajstić information content (AvgIpc) is 3.31. The molecule has 0 spiro atoms. The van der Waals surface area contributed by atoms with Gasteiger partial charge in [-0.15, -0.1) is 0 Å². The lowest BCUT2D eigenvalue weighted by molar-refractivity contribution is -0.143. The van der Waals surface area contributed by atoms with Crippen LogP contribution in [0, 0.1) is 5.82 Å². The number of benzene rings is 2. The summed E-state index contributed by atoms with van der Waals surface area (Å²) in [6.45, 7) is 8.35. The first-order valence-corrected chi connectivity index (χ1v) is 12.2. The number of nitrogens with zero attached hydrogens (tertiary/aromatic N) is 1. The van der Waals surface area contributed by atoms with Crippen LogP contribution in [0.15, 0.2) is 48.5 Å². The predicted molar refractivity (Wildman–Crippen MR) is 132 cm³/mol. The molecule has 184 valence electrons. The highest BCUT2D eigenvalue weighted by Gasteiger charge is 2.31. The summed E-state index contributed by atoms with van der Waals surface area (Å²) in [5, 5.41) is 3.12. The molecule has 6 heteroatoms. The highest BCUT2D eigenvalue weighted by molar-refractivity contribution is 5.88. The molecule has 0 radical (unpaired) electrons. The van der Waals surface area contributed by atoms with E-state index in [4.69, 9.17) is 4.74 Å². The minimum atomic E-state index is -0.620. The topological polar surface area (TPSA) is 58.6 Å². The van der Waals surface area contributed by atoms with Crippen LogP contribution in [0.3, 0.4) is 0 Å². The van der Waals surface area contributed by atoms with Crippen LogP contribution >= 0.6 is 0 Å². The van der Waals surface area contributed by atoms with E-state index < -0.39 is 6.04 Å². The van der Waals surface area contributed by atoms with Crippen LogP contribution in [0.2, 0.25) is 0 Å². The van der Waals surface area contributed by atoms with Gasteiger partial charge in [-0.1, -0.05) is 64.8 Å². The van der Waals surface area contributed by atoms with Gasteiger partial charge >= 0.3 is 0 Å². The van der Waals surface area contributed by atoms with E-state index in [0.29, 0.717) is 12.2 Å². The summed E-state index contributed by atoms with van der Waals surface area (Å²) in [6.07, 6.45) is 4.65. The monoisotopic (exact) mass is 468 g/mol. The Morgan fingerprint density at radius 3 is 2.24 bits per heavy atom. The van der Waals surface area contributed by atoms with E-state index in [2.05, 4.69) is 26.1 Å². The zero-order chi connectivity index (χ0) is 24.7. The number of hydrogen-bond donors (Lipinski definition) is 1. The number of ether oxygens (including phenoxy) is 1. The van der Waals surface area contributed by atoms with E-state index in [1.807, 2.05) is 31.2 Å². The summed E-state index contributed by atoms with van der Waals surface area (Å²) in [5.41, 5.74) is 1.97. The zero-order valence-corrected chi connectivity index (χ0v) is 20.8. The number of carbonyl (C=O) groups is 2. The highest BCUT2D eigenvalue weighted by Crippen LogP contribution is 2.24. The molecular formula is C28H37FN2O3. The molecule has 1 aliphatic rings. The third-order valence-corrected chi connectivity index (χ3v) is 6.44. The minimum Gasteiger partial charge on any atom is -0.484 e. The molecule has 5 nitrogen and oxygen atoms in total. The Morgan fingerprint density at radius 2 is 1.68 bits per heavy atom. The van der Waals surface area contributed by atoms with E-state index in [0.717, 1.165) is 31.2 Å². The van der Waals surface area contributed by atoms with Gasteiger partial charge in [0.05, 0.1) is 0 Å². The molecule has 0 bridgehead atoms. The van der Waals surface area contributed by atoms with Gasteiger partial charge in [-0.2, -0.15) is 0 Å². The van der Waals surface area contributed by atoms with Crippen molar-refractivity contribution in [3.63, 3.8) is 0 Å². The van der Waals surface area contributed by atoms with Gasteiger partial charge in [-0.05, 0) is 60.1 Å². The maximum Gasteiger partial charge on any atom is 0.261 e. The summed E-state index contributed by atoms with van der Waals surface area (Å²) in [4.78, 5) is 28.0. The quantitative estimate of drug-likeness (QED) is 0.538. The molecule has 2 amide bonds. The Balaban J connectivity index is 1.73. The number of carbonyl (C=O) groups excluding carboxylic acids is 2. The lowest BCUT2D eigenvalue weighted by Gasteiger charge is -2.31. The molecule has 0 aromatic heterocycles. The van der Waals surface area contributed by atoms with Crippen molar-refractivity contribution in [1.29, 1.82) is 0 Å². The summed E-state index contributed by atoms with van der Waals surface area (Å²) in [7, 11) is 0. The van der Waals surface area contributed by atoms with Gasteiger partial charge in [0.15, 0.2) is 6.61 Å². The van der Waals surface area contributed by atoms with Crippen LogP contribution in [0.5, 0.6) is 5.75 Å². The molecule has 0 aliphatic heterocycles. The first kappa shape index (κ1) is 25.7. The molecule has 1 fully saturated rings. The van der Waals surface area contributed by atoms with Crippen LogP contribution in [0.25, 0.3) is 0 Å². The maximum absolute atomic E-state index is 13.4. The smallest absolute Gasteiger partial charge is 0.261 e. The zero-order valence-electron chi connectivity index (χ0n) is 20.8.